The van der Waals surface area contributed by atoms with Gasteiger partial charge in [-0.3, -0.25) is 18.0 Å². The molecule has 0 aliphatic heterocycles. The van der Waals surface area contributed by atoms with E-state index in [4.69, 9.17) is 13.6 Å². The van der Waals surface area contributed by atoms with E-state index in [1.807, 2.05) is 59.1 Å². The number of rotatable bonds is 9. The van der Waals surface area contributed by atoms with Crippen molar-refractivity contribution in [2.75, 3.05) is 25.3 Å². The Labute approximate surface area is 152 Å². The molecule has 138 valence electrons. The first-order valence-electron chi connectivity index (χ1n) is 8.47. The molecule has 1 aromatic carbocycles. The lowest BCUT2D eigenvalue weighted by molar-refractivity contribution is 0.128. The van der Waals surface area contributed by atoms with Crippen molar-refractivity contribution >= 4 is 19.3 Å². The first-order chi connectivity index (χ1) is 12.7. The Morgan fingerprint density at radius 2 is 1.69 bits per heavy atom. The third kappa shape index (κ3) is 4.14. The Morgan fingerprint density at radius 1 is 1.00 bits per heavy atom. The highest BCUT2D eigenvalue weighted by Gasteiger charge is 2.25. The largest absolute Gasteiger partial charge is 0.476 e. The smallest absolute Gasteiger partial charge is 0.346 e. The maximum Gasteiger partial charge on any atom is 0.476 e. The molecule has 0 saturated heterocycles. The molecule has 0 aliphatic rings. The molecular weight excluding hydrogens is 353 g/mol. The molecule has 0 bridgehead atoms. The predicted molar refractivity (Wildman–Crippen MR) is 101 cm³/mol. The van der Waals surface area contributed by atoms with Crippen molar-refractivity contribution in [2.45, 2.75) is 13.8 Å². The fraction of sp³-hybridized carbons (Fsp3) is 0.278. The summed E-state index contributed by atoms with van der Waals surface area (Å²) in [5.74, 6) is 0.742. The van der Waals surface area contributed by atoms with E-state index < -0.39 is 7.82 Å². The Bertz CT molecular complexity index is 888. The van der Waals surface area contributed by atoms with Gasteiger partial charge >= 0.3 is 7.82 Å². The molecule has 2 aromatic heterocycles. The zero-order chi connectivity index (χ0) is 18.4. The zero-order valence-corrected chi connectivity index (χ0v) is 15.7. The van der Waals surface area contributed by atoms with Crippen LogP contribution in [0.4, 0.5) is 5.82 Å². The number of hydrogen-bond acceptors (Lipinski definition) is 6. The number of hydrogen-bond donors (Lipinski definition) is 1. The van der Waals surface area contributed by atoms with Gasteiger partial charge in [0.25, 0.3) is 0 Å². The predicted octanol–water partition coefficient (Wildman–Crippen LogP) is 4.57. The van der Waals surface area contributed by atoms with Crippen LogP contribution < -0.4 is 5.32 Å². The molecule has 1 N–H and O–H groups in total. The second-order valence-electron chi connectivity index (χ2n) is 5.34. The molecule has 0 atom stereocenters. The lowest BCUT2D eigenvalue weighted by Crippen LogP contribution is -2.10. The number of nitrogens with zero attached hydrogens (tertiary/aromatic N) is 2. The summed E-state index contributed by atoms with van der Waals surface area (Å²) in [6.45, 7) is 3.91. The standard InChI is InChI=1S/C18H22N3O4P/c1-3-23-26(22,24-4-2)25-14-19-18-17(15-10-6-5-7-11-15)20-16-12-8-9-13-21(16)18/h5-13,19H,3-4,14H2,1-2H3. The Hall–Kier alpha value is -2.18. The number of phosphoric ester groups is 1. The van der Waals surface area contributed by atoms with Gasteiger partial charge in [-0.15, -0.1) is 0 Å². The summed E-state index contributed by atoms with van der Waals surface area (Å²) < 4.78 is 30.0. The van der Waals surface area contributed by atoms with Crippen molar-refractivity contribution in [1.82, 2.24) is 9.38 Å². The average Bonchev–Trinajstić information content (AvgIpc) is 3.02. The molecule has 3 aromatic rings. The molecule has 8 heteroatoms. The van der Waals surface area contributed by atoms with Crippen molar-refractivity contribution in [3.63, 3.8) is 0 Å². The number of pyridine rings is 1. The van der Waals surface area contributed by atoms with Gasteiger partial charge in [0.05, 0.1) is 13.2 Å². The maximum atomic E-state index is 12.4. The molecule has 3 rings (SSSR count). The van der Waals surface area contributed by atoms with E-state index >= 15 is 0 Å². The van der Waals surface area contributed by atoms with Crippen molar-refractivity contribution in [3.05, 3.63) is 54.7 Å². The van der Waals surface area contributed by atoms with Crippen LogP contribution in [-0.4, -0.2) is 29.3 Å². The van der Waals surface area contributed by atoms with Crippen LogP contribution in [-0.2, 0) is 18.1 Å². The van der Waals surface area contributed by atoms with Gasteiger partial charge in [0.15, 0.2) is 0 Å². The van der Waals surface area contributed by atoms with E-state index in [0.717, 1.165) is 22.7 Å². The Balaban J connectivity index is 1.86. The van der Waals surface area contributed by atoms with Crippen molar-refractivity contribution in [2.24, 2.45) is 0 Å². The highest BCUT2D eigenvalue weighted by atomic mass is 31.2. The summed E-state index contributed by atoms with van der Waals surface area (Å²) >= 11 is 0. The second-order valence-corrected chi connectivity index (χ2v) is 7.01. The van der Waals surface area contributed by atoms with Crippen molar-refractivity contribution < 1.29 is 18.1 Å². The van der Waals surface area contributed by atoms with Crippen LogP contribution in [0.2, 0.25) is 0 Å². The van der Waals surface area contributed by atoms with E-state index in [9.17, 15) is 4.57 Å². The van der Waals surface area contributed by atoms with E-state index in [1.165, 1.54) is 0 Å². The first-order valence-corrected chi connectivity index (χ1v) is 9.93. The van der Waals surface area contributed by atoms with E-state index in [-0.39, 0.29) is 19.9 Å². The maximum absolute atomic E-state index is 12.4. The summed E-state index contributed by atoms with van der Waals surface area (Å²) in [6, 6.07) is 15.6. The van der Waals surface area contributed by atoms with Gasteiger partial charge in [0.2, 0.25) is 0 Å². The third-order valence-electron chi connectivity index (χ3n) is 3.61. The fourth-order valence-electron chi connectivity index (χ4n) is 2.57. The van der Waals surface area contributed by atoms with Gasteiger partial charge in [0.1, 0.15) is 23.9 Å². The minimum Gasteiger partial charge on any atom is -0.346 e. The third-order valence-corrected chi connectivity index (χ3v) is 5.21. The summed E-state index contributed by atoms with van der Waals surface area (Å²) in [4.78, 5) is 4.68. The number of fused-ring (bicyclic) bond motifs is 1. The van der Waals surface area contributed by atoms with Gasteiger partial charge < -0.3 is 5.32 Å². The Morgan fingerprint density at radius 3 is 2.38 bits per heavy atom. The number of aromatic nitrogens is 2. The normalized spacial score (nSPS) is 11.8. The van der Waals surface area contributed by atoms with Crippen LogP contribution in [0.15, 0.2) is 54.7 Å². The minimum absolute atomic E-state index is 0.0419. The zero-order valence-electron chi connectivity index (χ0n) is 14.8. The topological polar surface area (TPSA) is 74.1 Å². The molecule has 0 radical (unpaired) electrons. The molecule has 0 saturated carbocycles. The van der Waals surface area contributed by atoms with Crippen LogP contribution in [0.25, 0.3) is 16.9 Å². The van der Waals surface area contributed by atoms with Gasteiger partial charge in [-0.25, -0.2) is 9.55 Å². The van der Waals surface area contributed by atoms with Crippen molar-refractivity contribution in [1.29, 1.82) is 0 Å². The second kappa shape index (κ2) is 8.47. The number of nitrogens with one attached hydrogen (secondary N) is 1. The molecule has 0 unspecified atom stereocenters. The van der Waals surface area contributed by atoms with Gasteiger partial charge in [0, 0.05) is 11.8 Å². The molecule has 0 aliphatic carbocycles. The van der Waals surface area contributed by atoms with Crippen LogP contribution in [0.3, 0.4) is 0 Å². The lowest BCUT2D eigenvalue weighted by Gasteiger charge is -2.17. The highest BCUT2D eigenvalue weighted by Crippen LogP contribution is 2.49. The van der Waals surface area contributed by atoms with Crippen LogP contribution in [0.1, 0.15) is 13.8 Å². The first kappa shape index (κ1) is 18.6. The lowest BCUT2D eigenvalue weighted by atomic mass is 10.1. The number of imidazole rings is 1. The van der Waals surface area contributed by atoms with E-state index in [1.54, 1.807) is 13.8 Å². The molecule has 0 amide bonds. The SMILES string of the molecule is CCOP(=O)(OCC)OCNc1c(-c2ccccc2)nc2ccccn12. The van der Waals surface area contributed by atoms with Gasteiger partial charge in [-0.1, -0.05) is 36.4 Å². The summed E-state index contributed by atoms with van der Waals surface area (Å²) in [7, 11) is -3.58. The number of benzene rings is 1. The summed E-state index contributed by atoms with van der Waals surface area (Å²) in [5, 5.41) is 3.15. The van der Waals surface area contributed by atoms with Crippen molar-refractivity contribution in [3.8, 4) is 11.3 Å². The highest BCUT2D eigenvalue weighted by molar-refractivity contribution is 7.48. The van der Waals surface area contributed by atoms with Crippen LogP contribution >= 0.6 is 7.82 Å². The molecule has 0 fully saturated rings. The van der Waals surface area contributed by atoms with E-state index in [0.29, 0.717) is 0 Å². The van der Waals surface area contributed by atoms with E-state index in [2.05, 4.69) is 10.3 Å². The molecule has 7 nitrogen and oxygen atoms in total. The van der Waals surface area contributed by atoms with Gasteiger partial charge in [-0.2, -0.15) is 0 Å². The minimum atomic E-state index is -3.58. The summed E-state index contributed by atoms with van der Waals surface area (Å²) in [6.07, 6.45) is 1.90. The fourth-order valence-corrected chi connectivity index (χ4v) is 3.65. The van der Waals surface area contributed by atoms with Crippen LogP contribution in [0.5, 0.6) is 0 Å². The monoisotopic (exact) mass is 375 g/mol. The molecule has 0 spiro atoms. The number of phosphoric acid groups is 1. The number of anilines is 1. The summed E-state index contributed by atoms with van der Waals surface area (Å²) in [5.41, 5.74) is 2.55. The molecule has 26 heavy (non-hydrogen) atoms. The Kier molecular flexibility index (Phi) is 6.06. The average molecular weight is 375 g/mol. The van der Waals surface area contributed by atoms with Crippen LogP contribution in [0, 0.1) is 0 Å². The quantitative estimate of drug-likeness (QED) is 0.436. The van der Waals surface area contributed by atoms with Gasteiger partial charge in [-0.05, 0) is 26.0 Å². The molecular formula is C18H22N3O4P. The molecule has 2 heterocycles.